The van der Waals surface area contributed by atoms with Gasteiger partial charge in [-0.15, -0.1) is 0 Å². The number of hydrogen-bond acceptors (Lipinski definition) is 4. The molecule has 6 nitrogen and oxygen atoms in total. The Morgan fingerprint density at radius 2 is 1.08 bits per heavy atom. The summed E-state index contributed by atoms with van der Waals surface area (Å²) >= 11 is 0. The van der Waals surface area contributed by atoms with E-state index in [2.05, 4.69) is 123 Å². The van der Waals surface area contributed by atoms with E-state index >= 15 is 0 Å². The molecule has 6 heteroatoms. The van der Waals surface area contributed by atoms with Gasteiger partial charge in [-0.05, 0) is 101 Å². The van der Waals surface area contributed by atoms with Crippen molar-refractivity contribution in [1.29, 1.82) is 0 Å². The summed E-state index contributed by atoms with van der Waals surface area (Å²) in [6.07, 6.45) is 3.59. The van der Waals surface area contributed by atoms with Crippen LogP contribution in [0.3, 0.4) is 0 Å². The third kappa shape index (κ3) is 3.57. The number of hydrogen-bond donors (Lipinski definition) is 0. The standard InChI is InChI=1S/C42H24N4O2/c1-6-12-38-30(7-1)32-22-25(13-15-39(32)47-38)27-19-28(26-14-16-40-33(23-26)31-17-18-43-24-41(31)48-40)21-29(20-27)45-36-10-4-5-11-37(36)46-35-9-3-2-8-34(35)44-42(45)46/h1-24H. The van der Waals surface area contributed by atoms with Crippen molar-refractivity contribution in [2.24, 2.45) is 0 Å². The monoisotopic (exact) mass is 616 g/mol. The van der Waals surface area contributed by atoms with Crippen molar-refractivity contribution < 1.29 is 8.83 Å². The highest BCUT2D eigenvalue weighted by atomic mass is 16.3. The van der Waals surface area contributed by atoms with Gasteiger partial charge in [-0.2, -0.15) is 0 Å². The maximum Gasteiger partial charge on any atom is 0.220 e. The Kier molecular flexibility index (Phi) is 5.02. The van der Waals surface area contributed by atoms with E-state index < -0.39 is 0 Å². The Morgan fingerprint density at radius 1 is 0.458 bits per heavy atom. The molecule has 11 rings (SSSR count). The molecular weight excluding hydrogens is 592 g/mol. The molecule has 0 unspecified atom stereocenters. The van der Waals surface area contributed by atoms with Gasteiger partial charge in [0.1, 0.15) is 16.7 Å². The van der Waals surface area contributed by atoms with Gasteiger partial charge in [0.2, 0.25) is 5.78 Å². The van der Waals surface area contributed by atoms with Crippen molar-refractivity contribution in [2.75, 3.05) is 0 Å². The van der Waals surface area contributed by atoms with Gasteiger partial charge in [0, 0.05) is 27.7 Å². The average Bonchev–Trinajstić information content (AvgIpc) is 3.89. The van der Waals surface area contributed by atoms with Crippen molar-refractivity contribution in [3.05, 3.63) is 146 Å². The summed E-state index contributed by atoms with van der Waals surface area (Å²) in [5.74, 6) is 0.876. The number of imidazole rings is 2. The normalized spacial score (nSPS) is 12.2. The zero-order chi connectivity index (χ0) is 31.3. The topological polar surface area (TPSA) is 61.4 Å². The minimum Gasteiger partial charge on any atom is -0.456 e. The van der Waals surface area contributed by atoms with Gasteiger partial charge in [0.15, 0.2) is 5.58 Å². The van der Waals surface area contributed by atoms with Gasteiger partial charge < -0.3 is 8.83 Å². The van der Waals surface area contributed by atoms with Crippen molar-refractivity contribution >= 4 is 71.7 Å². The summed E-state index contributed by atoms with van der Waals surface area (Å²) in [5, 5.41) is 4.33. The minimum atomic E-state index is 0.785. The summed E-state index contributed by atoms with van der Waals surface area (Å²) < 4.78 is 16.9. The third-order valence-electron chi connectivity index (χ3n) is 9.60. The summed E-state index contributed by atoms with van der Waals surface area (Å²) in [4.78, 5) is 9.43. The molecule has 0 atom stereocenters. The second-order valence-electron chi connectivity index (χ2n) is 12.3. The number of pyridine rings is 1. The molecule has 11 aromatic rings. The van der Waals surface area contributed by atoms with E-state index in [0.717, 1.165) is 99.7 Å². The van der Waals surface area contributed by atoms with Crippen LogP contribution in [-0.4, -0.2) is 18.9 Å². The Labute approximate surface area is 272 Å². The van der Waals surface area contributed by atoms with E-state index in [0.29, 0.717) is 0 Å². The molecule has 0 bridgehead atoms. The number of rotatable bonds is 3. The van der Waals surface area contributed by atoms with Crippen molar-refractivity contribution in [1.82, 2.24) is 18.9 Å². The number of fused-ring (bicyclic) bond motifs is 11. The largest absolute Gasteiger partial charge is 0.456 e. The van der Waals surface area contributed by atoms with E-state index in [9.17, 15) is 0 Å². The Hall–Kier alpha value is -6.66. The zero-order valence-corrected chi connectivity index (χ0v) is 25.5. The van der Waals surface area contributed by atoms with Crippen LogP contribution >= 0.6 is 0 Å². The van der Waals surface area contributed by atoms with Crippen LogP contribution in [0.4, 0.5) is 0 Å². The van der Waals surface area contributed by atoms with Crippen molar-refractivity contribution in [3.8, 4) is 27.9 Å². The van der Waals surface area contributed by atoms with E-state index in [1.54, 1.807) is 6.20 Å². The summed E-state index contributed by atoms with van der Waals surface area (Å²) in [6, 6.07) is 46.8. The molecule has 0 saturated carbocycles. The second-order valence-corrected chi connectivity index (χ2v) is 12.3. The van der Waals surface area contributed by atoms with Crippen LogP contribution < -0.4 is 0 Å². The van der Waals surface area contributed by atoms with Crippen LogP contribution in [0.25, 0.3) is 99.7 Å². The van der Waals surface area contributed by atoms with Gasteiger partial charge in [-0.3, -0.25) is 14.0 Å². The Balaban J connectivity index is 1.21. The highest BCUT2D eigenvalue weighted by molar-refractivity contribution is 6.07. The first-order chi connectivity index (χ1) is 23.8. The number of para-hydroxylation sites is 5. The molecule has 0 saturated heterocycles. The van der Waals surface area contributed by atoms with E-state index in [1.165, 1.54) is 0 Å². The smallest absolute Gasteiger partial charge is 0.220 e. The predicted molar refractivity (Wildman–Crippen MR) is 193 cm³/mol. The molecule has 5 heterocycles. The van der Waals surface area contributed by atoms with Gasteiger partial charge in [0.05, 0.1) is 34.0 Å². The number of aromatic nitrogens is 4. The molecule has 0 radical (unpaired) electrons. The molecule has 0 aliphatic carbocycles. The lowest BCUT2D eigenvalue weighted by Crippen LogP contribution is -1.97. The summed E-state index contributed by atoms with van der Waals surface area (Å²) in [6.45, 7) is 0. The lowest BCUT2D eigenvalue weighted by molar-refractivity contribution is 0.667. The molecule has 48 heavy (non-hydrogen) atoms. The van der Waals surface area contributed by atoms with Gasteiger partial charge in [-0.25, -0.2) is 4.98 Å². The van der Waals surface area contributed by atoms with Crippen LogP contribution in [0, 0.1) is 0 Å². The second kappa shape index (κ2) is 9.44. The van der Waals surface area contributed by atoms with E-state index in [4.69, 9.17) is 13.8 Å². The maximum atomic E-state index is 6.18. The molecule has 0 amide bonds. The van der Waals surface area contributed by atoms with Crippen molar-refractivity contribution in [2.45, 2.75) is 0 Å². The molecule has 0 spiro atoms. The third-order valence-corrected chi connectivity index (χ3v) is 9.60. The van der Waals surface area contributed by atoms with Crippen LogP contribution in [0.15, 0.2) is 155 Å². The molecule has 0 aliphatic rings. The molecule has 224 valence electrons. The van der Waals surface area contributed by atoms with Crippen LogP contribution in [0.2, 0.25) is 0 Å². The highest BCUT2D eigenvalue weighted by Gasteiger charge is 2.19. The predicted octanol–water partition coefficient (Wildman–Crippen LogP) is 11.0. The van der Waals surface area contributed by atoms with Crippen LogP contribution in [-0.2, 0) is 0 Å². The lowest BCUT2D eigenvalue weighted by Gasteiger charge is -2.13. The number of benzene rings is 6. The fourth-order valence-corrected chi connectivity index (χ4v) is 7.40. The lowest BCUT2D eigenvalue weighted by atomic mass is 9.96. The highest BCUT2D eigenvalue weighted by Crippen LogP contribution is 2.38. The number of nitrogens with zero attached hydrogens (tertiary/aromatic N) is 4. The average molecular weight is 617 g/mol. The van der Waals surface area contributed by atoms with Gasteiger partial charge >= 0.3 is 0 Å². The van der Waals surface area contributed by atoms with Crippen molar-refractivity contribution in [3.63, 3.8) is 0 Å². The first-order valence-corrected chi connectivity index (χ1v) is 16.0. The van der Waals surface area contributed by atoms with Gasteiger partial charge in [0.25, 0.3) is 0 Å². The van der Waals surface area contributed by atoms with E-state index in [-0.39, 0.29) is 0 Å². The van der Waals surface area contributed by atoms with Crippen LogP contribution in [0.5, 0.6) is 0 Å². The minimum absolute atomic E-state index is 0.785. The number of furan rings is 2. The zero-order valence-electron chi connectivity index (χ0n) is 25.5. The molecule has 0 fully saturated rings. The first-order valence-electron chi connectivity index (χ1n) is 16.0. The Bertz CT molecular complexity index is 2950. The fraction of sp³-hybridized carbons (Fsp3) is 0. The Morgan fingerprint density at radius 3 is 1.88 bits per heavy atom. The maximum absolute atomic E-state index is 6.18. The SMILES string of the molecule is c1ccc2c(c1)nc1n(-c3cc(-c4ccc5oc6ccccc6c5c4)cc(-c4ccc5oc6cnccc6c5c4)c3)c3ccccc3n21. The van der Waals surface area contributed by atoms with Crippen LogP contribution in [0.1, 0.15) is 0 Å². The fourth-order valence-electron chi connectivity index (χ4n) is 7.40. The van der Waals surface area contributed by atoms with Gasteiger partial charge in [-0.1, -0.05) is 54.6 Å². The molecule has 0 N–H and O–H groups in total. The first kappa shape index (κ1) is 25.5. The molecule has 6 aromatic carbocycles. The van der Waals surface area contributed by atoms with E-state index in [1.807, 2.05) is 30.5 Å². The molecular formula is C42H24N4O2. The quantitative estimate of drug-likeness (QED) is 0.198. The summed E-state index contributed by atoms with van der Waals surface area (Å²) in [7, 11) is 0. The molecule has 5 aromatic heterocycles. The summed E-state index contributed by atoms with van der Waals surface area (Å²) in [5.41, 5.74) is 13.1. The molecule has 0 aliphatic heterocycles.